The molecule has 3 aromatic rings. The summed E-state index contributed by atoms with van der Waals surface area (Å²) in [5.74, 6) is 0.549. The second kappa shape index (κ2) is 9.76. The van der Waals surface area contributed by atoms with Crippen LogP contribution >= 0.6 is 23.2 Å². The number of nitrogens with zero attached hydrogens (tertiary/aromatic N) is 3. The molecule has 2 aromatic carbocycles. The number of piperidine rings is 1. The van der Waals surface area contributed by atoms with Gasteiger partial charge in [0.1, 0.15) is 5.56 Å². The van der Waals surface area contributed by atoms with Gasteiger partial charge in [-0.25, -0.2) is 4.98 Å². The SMILES string of the molecule is O=C1c2cnc(Nc3ccc(C4CCNCC4)c(CO)c3)nc2OCN1c1c(Cl)cccc1Cl. The summed E-state index contributed by atoms with van der Waals surface area (Å²) in [6, 6.07) is 10.9. The molecule has 2 aliphatic rings. The van der Waals surface area contributed by atoms with E-state index in [2.05, 4.69) is 20.6 Å². The van der Waals surface area contributed by atoms with Gasteiger partial charge in [0.05, 0.1) is 22.3 Å². The van der Waals surface area contributed by atoms with E-state index in [-0.39, 0.29) is 36.6 Å². The number of para-hydroxylation sites is 1. The van der Waals surface area contributed by atoms with E-state index in [1.807, 2.05) is 18.2 Å². The molecule has 0 unspecified atom stereocenters. The number of nitrogens with one attached hydrogen (secondary N) is 2. The molecule has 10 heteroatoms. The Kier molecular flexibility index (Phi) is 6.56. The van der Waals surface area contributed by atoms with Crippen LogP contribution in [0.5, 0.6) is 5.88 Å². The summed E-state index contributed by atoms with van der Waals surface area (Å²) in [5, 5.41) is 17.1. The molecule has 5 rings (SSSR count). The van der Waals surface area contributed by atoms with Crippen molar-refractivity contribution in [3.05, 3.63) is 69.3 Å². The average Bonchev–Trinajstić information content (AvgIpc) is 2.85. The van der Waals surface area contributed by atoms with Crippen LogP contribution in [0.4, 0.5) is 17.3 Å². The topological polar surface area (TPSA) is 99.6 Å². The van der Waals surface area contributed by atoms with Crippen LogP contribution in [-0.2, 0) is 6.61 Å². The zero-order chi connectivity index (χ0) is 23.7. The zero-order valence-corrected chi connectivity index (χ0v) is 19.7. The highest BCUT2D eigenvalue weighted by molar-refractivity contribution is 6.40. The van der Waals surface area contributed by atoms with Gasteiger partial charge >= 0.3 is 0 Å². The molecule has 8 nitrogen and oxygen atoms in total. The first-order valence-corrected chi connectivity index (χ1v) is 11.8. The lowest BCUT2D eigenvalue weighted by atomic mass is 9.87. The van der Waals surface area contributed by atoms with Gasteiger partial charge in [0.2, 0.25) is 11.8 Å². The van der Waals surface area contributed by atoms with Crippen molar-refractivity contribution in [2.24, 2.45) is 0 Å². The highest BCUT2D eigenvalue weighted by Gasteiger charge is 2.31. The molecule has 0 saturated carbocycles. The number of aliphatic hydroxyl groups excluding tert-OH is 1. The van der Waals surface area contributed by atoms with E-state index in [9.17, 15) is 9.90 Å². The molecule has 1 fully saturated rings. The number of aromatic nitrogens is 2. The van der Waals surface area contributed by atoms with Crippen molar-refractivity contribution in [2.75, 3.05) is 30.0 Å². The fraction of sp³-hybridized carbons (Fsp3) is 0.292. The van der Waals surface area contributed by atoms with Crippen LogP contribution < -0.4 is 20.3 Å². The summed E-state index contributed by atoms with van der Waals surface area (Å²) in [6.45, 7) is 1.85. The molecule has 0 aliphatic carbocycles. The number of carbonyl (C=O) groups is 1. The van der Waals surface area contributed by atoms with Crippen LogP contribution in [0.15, 0.2) is 42.6 Å². The number of carbonyl (C=O) groups excluding carboxylic acids is 1. The Hall–Kier alpha value is -2.91. The smallest absolute Gasteiger partial charge is 0.268 e. The number of amides is 1. The molecule has 2 aliphatic heterocycles. The van der Waals surface area contributed by atoms with Crippen molar-refractivity contribution in [2.45, 2.75) is 25.4 Å². The number of hydrogen-bond donors (Lipinski definition) is 3. The molecule has 0 bridgehead atoms. The summed E-state index contributed by atoms with van der Waals surface area (Å²) in [7, 11) is 0. The second-order valence-electron chi connectivity index (χ2n) is 8.21. The molecule has 1 saturated heterocycles. The first kappa shape index (κ1) is 22.9. The zero-order valence-electron chi connectivity index (χ0n) is 18.2. The number of halogens is 2. The predicted molar refractivity (Wildman–Crippen MR) is 131 cm³/mol. The van der Waals surface area contributed by atoms with E-state index in [1.54, 1.807) is 18.2 Å². The number of anilines is 3. The standard InChI is InChI=1S/C24H23Cl2N5O3/c25-19-2-1-3-20(26)21(19)31-13-34-22-18(23(31)33)11-28-24(30-22)29-16-4-5-17(15(10-16)12-32)14-6-8-27-9-7-14/h1-5,10-11,14,27,32H,6-9,12-13H2,(H,28,29,30). The van der Waals surface area contributed by atoms with Crippen LogP contribution in [0.25, 0.3) is 0 Å². The number of ether oxygens (including phenoxy) is 1. The average molecular weight is 500 g/mol. The fourth-order valence-electron chi connectivity index (χ4n) is 4.41. The van der Waals surface area contributed by atoms with Crippen molar-refractivity contribution in [1.29, 1.82) is 0 Å². The molecule has 1 aromatic heterocycles. The summed E-state index contributed by atoms with van der Waals surface area (Å²) >= 11 is 12.5. The summed E-state index contributed by atoms with van der Waals surface area (Å²) in [6.07, 6.45) is 3.52. The van der Waals surface area contributed by atoms with Gasteiger partial charge in [-0.1, -0.05) is 35.3 Å². The maximum Gasteiger partial charge on any atom is 0.268 e. The normalized spacial score (nSPS) is 16.2. The molecule has 3 heterocycles. The van der Waals surface area contributed by atoms with Gasteiger partial charge in [-0.2, -0.15) is 4.98 Å². The Morgan fingerprint density at radius 3 is 2.68 bits per heavy atom. The van der Waals surface area contributed by atoms with Crippen LogP contribution in [0, 0.1) is 0 Å². The predicted octanol–water partition coefficient (Wildman–Crippen LogP) is 4.48. The van der Waals surface area contributed by atoms with E-state index < -0.39 is 0 Å². The molecule has 3 N–H and O–H groups in total. The van der Waals surface area contributed by atoms with Crippen LogP contribution in [-0.4, -0.2) is 40.8 Å². The number of aliphatic hydroxyl groups is 1. The highest BCUT2D eigenvalue weighted by atomic mass is 35.5. The minimum atomic E-state index is -0.350. The first-order chi connectivity index (χ1) is 16.5. The maximum absolute atomic E-state index is 13.1. The quantitative estimate of drug-likeness (QED) is 0.475. The third-order valence-electron chi connectivity index (χ3n) is 6.12. The van der Waals surface area contributed by atoms with Gasteiger partial charge < -0.3 is 20.5 Å². The van der Waals surface area contributed by atoms with Crippen LogP contribution in [0.1, 0.15) is 40.2 Å². The lowest BCUT2D eigenvalue weighted by molar-refractivity contribution is 0.0932. The van der Waals surface area contributed by atoms with Crippen molar-refractivity contribution < 1.29 is 14.6 Å². The monoisotopic (exact) mass is 499 g/mol. The van der Waals surface area contributed by atoms with Crippen molar-refractivity contribution >= 4 is 46.4 Å². The molecule has 0 radical (unpaired) electrons. The number of benzene rings is 2. The molecule has 1 amide bonds. The molecular formula is C24H23Cl2N5O3. The van der Waals surface area contributed by atoms with E-state index in [1.165, 1.54) is 16.7 Å². The van der Waals surface area contributed by atoms with E-state index in [0.29, 0.717) is 21.7 Å². The first-order valence-electron chi connectivity index (χ1n) is 11.0. The second-order valence-corrected chi connectivity index (χ2v) is 9.02. The van der Waals surface area contributed by atoms with Gasteiger partial charge in [-0.15, -0.1) is 0 Å². The Morgan fingerprint density at radius 2 is 1.94 bits per heavy atom. The third kappa shape index (κ3) is 4.42. The van der Waals surface area contributed by atoms with Crippen molar-refractivity contribution in [1.82, 2.24) is 15.3 Å². The van der Waals surface area contributed by atoms with Crippen molar-refractivity contribution in [3.63, 3.8) is 0 Å². The number of fused-ring (bicyclic) bond motifs is 1. The minimum absolute atomic E-state index is 0.0438. The van der Waals surface area contributed by atoms with Gasteiger partial charge in [0, 0.05) is 11.9 Å². The number of rotatable bonds is 5. The van der Waals surface area contributed by atoms with Gasteiger partial charge in [0.25, 0.3) is 5.91 Å². The highest BCUT2D eigenvalue weighted by Crippen LogP contribution is 2.37. The Morgan fingerprint density at radius 1 is 1.18 bits per heavy atom. The van der Waals surface area contributed by atoms with E-state index in [4.69, 9.17) is 27.9 Å². The molecule has 176 valence electrons. The van der Waals surface area contributed by atoms with Gasteiger partial charge in [-0.3, -0.25) is 9.69 Å². The Bertz CT molecular complexity index is 1210. The number of hydrogen-bond acceptors (Lipinski definition) is 7. The van der Waals surface area contributed by atoms with Crippen LogP contribution in [0.2, 0.25) is 10.0 Å². The molecular weight excluding hydrogens is 477 g/mol. The van der Waals surface area contributed by atoms with E-state index in [0.717, 1.165) is 37.2 Å². The molecule has 34 heavy (non-hydrogen) atoms. The Labute approximate surface area is 206 Å². The van der Waals surface area contributed by atoms with Crippen molar-refractivity contribution in [3.8, 4) is 5.88 Å². The minimum Gasteiger partial charge on any atom is -0.455 e. The maximum atomic E-state index is 13.1. The Balaban J connectivity index is 1.36. The van der Waals surface area contributed by atoms with E-state index >= 15 is 0 Å². The van der Waals surface area contributed by atoms with Gasteiger partial charge in [-0.05, 0) is 67.2 Å². The summed E-state index contributed by atoms with van der Waals surface area (Å²) < 4.78 is 5.74. The largest absolute Gasteiger partial charge is 0.455 e. The molecule has 0 spiro atoms. The third-order valence-corrected chi connectivity index (χ3v) is 6.73. The summed E-state index contributed by atoms with van der Waals surface area (Å²) in [4.78, 5) is 23.1. The molecule has 0 atom stereocenters. The fourth-order valence-corrected chi connectivity index (χ4v) is 5.01. The van der Waals surface area contributed by atoms with Gasteiger partial charge in [0.15, 0.2) is 6.73 Å². The van der Waals surface area contributed by atoms with Crippen LogP contribution in [0.3, 0.4) is 0 Å². The summed E-state index contributed by atoms with van der Waals surface area (Å²) in [5.41, 5.74) is 3.40. The lowest BCUT2D eigenvalue weighted by Gasteiger charge is -2.29. The lowest BCUT2D eigenvalue weighted by Crippen LogP contribution is -2.39.